The summed E-state index contributed by atoms with van der Waals surface area (Å²) >= 11 is 0. The zero-order chi connectivity index (χ0) is 13.4. The molecule has 18 heavy (non-hydrogen) atoms. The predicted molar refractivity (Wildman–Crippen MR) is 79.5 cm³/mol. The highest BCUT2D eigenvalue weighted by atomic mass is 14.9. The van der Waals surface area contributed by atoms with Crippen molar-refractivity contribution in [3.8, 4) is 12.3 Å². The van der Waals surface area contributed by atoms with E-state index >= 15 is 0 Å². The lowest BCUT2D eigenvalue weighted by Gasteiger charge is -2.23. The average molecular weight is 243 g/mol. The smallest absolute Gasteiger partial charge is 0.0320 e. The maximum atomic E-state index is 5.41. The Morgan fingerprint density at radius 1 is 1.11 bits per heavy atom. The van der Waals surface area contributed by atoms with Gasteiger partial charge in [0.25, 0.3) is 0 Å². The summed E-state index contributed by atoms with van der Waals surface area (Å²) in [6, 6.07) is 9.76. The van der Waals surface area contributed by atoms with E-state index in [4.69, 9.17) is 6.42 Å². The largest absolute Gasteiger partial charge is 0.306 e. The van der Waals surface area contributed by atoms with E-state index in [-0.39, 0.29) is 0 Å². The first-order valence-electron chi connectivity index (χ1n) is 7.03. The van der Waals surface area contributed by atoms with Crippen LogP contribution in [0.5, 0.6) is 0 Å². The second kappa shape index (κ2) is 7.95. The first-order valence-corrected chi connectivity index (χ1v) is 7.03. The Morgan fingerprint density at radius 3 is 2.22 bits per heavy atom. The molecule has 0 amide bonds. The van der Waals surface area contributed by atoms with E-state index in [1.54, 1.807) is 0 Å². The van der Waals surface area contributed by atoms with Gasteiger partial charge >= 0.3 is 0 Å². The fraction of sp³-hybridized carbons (Fsp3) is 0.529. The van der Waals surface area contributed by atoms with Crippen molar-refractivity contribution in [2.45, 2.75) is 58.5 Å². The molecule has 1 heteroatoms. The van der Waals surface area contributed by atoms with Crippen molar-refractivity contribution in [3.63, 3.8) is 0 Å². The first-order chi connectivity index (χ1) is 8.74. The highest BCUT2D eigenvalue weighted by Gasteiger charge is 2.13. The maximum Gasteiger partial charge on any atom is 0.0320 e. The number of hydrogen-bond acceptors (Lipinski definition) is 1. The van der Waals surface area contributed by atoms with Crippen LogP contribution in [0.15, 0.2) is 24.3 Å². The van der Waals surface area contributed by atoms with Gasteiger partial charge in [-0.25, -0.2) is 0 Å². The fourth-order valence-corrected chi connectivity index (χ4v) is 2.18. The molecule has 0 aliphatic rings. The van der Waals surface area contributed by atoms with Gasteiger partial charge in [0.2, 0.25) is 0 Å². The lowest BCUT2D eigenvalue weighted by molar-refractivity contribution is 0.420. The van der Waals surface area contributed by atoms with E-state index in [9.17, 15) is 0 Å². The van der Waals surface area contributed by atoms with Crippen molar-refractivity contribution in [1.29, 1.82) is 0 Å². The van der Waals surface area contributed by atoms with Crippen LogP contribution in [0, 0.1) is 12.3 Å². The van der Waals surface area contributed by atoms with Gasteiger partial charge in [0.1, 0.15) is 0 Å². The Labute approximate surface area is 112 Å². The molecular weight excluding hydrogens is 218 g/mol. The van der Waals surface area contributed by atoms with Gasteiger partial charge in [-0.15, -0.1) is 12.3 Å². The van der Waals surface area contributed by atoms with Gasteiger partial charge in [0, 0.05) is 18.5 Å². The zero-order valence-corrected chi connectivity index (χ0v) is 11.9. The molecular formula is C17H25N. The highest BCUT2D eigenvalue weighted by Crippen LogP contribution is 2.19. The zero-order valence-electron chi connectivity index (χ0n) is 11.9. The van der Waals surface area contributed by atoms with Gasteiger partial charge in [-0.3, -0.25) is 0 Å². The summed E-state index contributed by atoms with van der Waals surface area (Å²) in [6.07, 6.45) is 9.48. The Hall–Kier alpha value is -1.26. The number of terminal acetylenes is 1. The van der Waals surface area contributed by atoms with Gasteiger partial charge in [-0.1, -0.05) is 45.0 Å². The molecule has 0 aromatic heterocycles. The number of nitrogens with one attached hydrogen (secondary N) is 1. The summed E-state index contributed by atoms with van der Waals surface area (Å²) in [5.74, 6) is 2.76. The van der Waals surface area contributed by atoms with Crippen molar-refractivity contribution >= 4 is 0 Å². The third kappa shape index (κ3) is 4.20. The quantitative estimate of drug-likeness (QED) is 0.711. The van der Waals surface area contributed by atoms with Crippen LogP contribution >= 0.6 is 0 Å². The van der Waals surface area contributed by atoms with E-state index < -0.39 is 0 Å². The van der Waals surface area contributed by atoms with Crippen molar-refractivity contribution in [3.05, 3.63) is 35.4 Å². The summed E-state index contributed by atoms with van der Waals surface area (Å²) in [6.45, 7) is 6.58. The molecule has 1 aromatic rings. The van der Waals surface area contributed by atoms with Crippen LogP contribution in [0.3, 0.4) is 0 Å². The van der Waals surface area contributed by atoms with Gasteiger partial charge in [0.05, 0.1) is 0 Å². The SMILES string of the molecule is C#CCC(CC)NC(CC)c1ccc(CC)cc1. The molecule has 0 saturated carbocycles. The average Bonchev–Trinajstić information content (AvgIpc) is 2.43. The molecule has 0 aliphatic heterocycles. The minimum absolute atomic E-state index is 0.411. The van der Waals surface area contributed by atoms with Gasteiger partial charge in [-0.2, -0.15) is 0 Å². The van der Waals surface area contributed by atoms with E-state index in [1.807, 2.05) is 0 Å². The minimum atomic E-state index is 0.411. The molecule has 98 valence electrons. The Balaban J connectivity index is 2.72. The number of aryl methyl sites for hydroxylation is 1. The monoisotopic (exact) mass is 243 g/mol. The summed E-state index contributed by atoms with van der Waals surface area (Å²) in [5.41, 5.74) is 2.76. The van der Waals surface area contributed by atoms with E-state index in [2.05, 4.69) is 56.3 Å². The molecule has 1 aromatic carbocycles. The van der Waals surface area contributed by atoms with Crippen LogP contribution in [-0.4, -0.2) is 6.04 Å². The maximum absolute atomic E-state index is 5.41. The van der Waals surface area contributed by atoms with Crippen molar-refractivity contribution < 1.29 is 0 Å². The molecule has 0 spiro atoms. The molecule has 2 unspecified atom stereocenters. The molecule has 1 rings (SSSR count). The van der Waals surface area contributed by atoms with Crippen molar-refractivity contribution in [2.24, 2.45) is 0 Å². The molecule has 0 radical (unpaired) electrons. The molecule has 0 saturated heterocycles. The molecule has 0 heterocycles. The third-order valence-electron chi connectivity index (χ3n) is 3.49. The van der Waals surface area contributed by atoms with Gasteiger partial charge < -0.3 is 5.32 Å². The van der Waals surface area contributed by atoms with E-state index in [0.717, 1.165) is 25.7 Å². The van der Waals surface area contributed by atoms with Crippen LogP contribution in [0.25, 0.3) is 0 Å². The van der Waals surface area contributed by atoms with Gasteiger partial charge in [-0.05, 0) is 30.4 Å². The third-order valence-corrected chi connectivity index (χ3v) is 3.49. The molecule has 1 N–H and O–H groups in total. The van der Waals surface area contributed by atoms with Crippen LogP contribution in [0.1, 0.15) is 57.2 Å². The molecule has 1 nitrogen and oxygen atoms in total. The summed E-state index contributed by atoms with van der Waals surface area (Å²) in [4.78, 5) is 0. The van der Waals surface area contributed by atoms with Crippen molar-refractivity contribution in [2.75, 3.05) is 0 Å². The molecule has 2 atom stereocenters. The Morgan fingerprint density at radius 2 is 1.78 bits per heavy atom. The lowest BCUT2D eigenvalue weighted by Crippen LogP contribution is -2.31. The van der Waals surface area contributed by atoms with Crippen molar-refractivity contribution in [1.82, 2.24) is 5.32 Å². The molecule has 0 bridgehead atoms. The fourth-order valence-electron chi connectivity index (χ4n) is 2.18. The molecule has 0 aliphatic carbocycles. The Kier molecular flexibility index (Phi) is 6.54. The summed E-state index contributed by atoms with van der Waals surface area (Å²) < 4.78 is 0. The molecule has 0 fully saturated rings. The standard InChI is InChI=1S/C17H25N/c1-5-9-16(7-3)18-17(8-4)15-12-10-14(6-2)11-13-15/h1,10-13,16-18H,6-9H2,2-4H3. The highest BCUT2D eigenvalue weighted by molar-refractivity contribution is 5.25. The lowest BCUT2D eigenvalue weighted by atomic mass is 10.00. The predicted octanol–water partition coefficient (Wildman–Crippen LogP) is 4.09. The van der Waals surface area contributed by atoms with Crippen LogP contribution in [0.2, 0.25) is 0 Å². The summed E-state index contributed by atoms with van der Waals surface area (Å²) in [7, 11) is 0. The van der Waals surface area contributed by atoms with E-state index in [0.29, 0.717) is 12.1 Å². The minimum Gasteiger partial charge on any atom is -0.306 e. The number of benzene rings is 1. The number of hydrogen-bond donors (Lipinski definition) is 1. The van der Waals surface area contributed by atoms with E-state index in [1.165, 1.54) is 11.1 Å². The van der Waals surface area contributed by atoms with Crippen LogP contribution < -0.4 is 5.32 Å². The van der Waals surface area contributed by atoms with Gasteiger partial charge in [0.15, 0.2) is 0 Å². The second-order valence-electron chi connectivity index (χ2n) is 4.74. The normalized spacial score (nSPS) is 13.9. The topological polar surface area (TPSA) is 12.0 Å². The van der Waals surface area contributed by atoms with Crippen LogP contribution in [-0.2, 0) is 6.42 Å². The van der Waals surface area contributed by atoms with Crippen LogP contribution in [0.4, 0.5) is 0 Å². The number of rotatable bonds is 7. The summed E-state index contributed by atoms with van der Waals surface area (Å²) in [5, 5.41) is 3.67. The second-order valence-corrected chi connectivity index (χ2v) is 4.74. The Bertz CT molecular complexity index is 372. The first kappa shape index (κ1) is 14.8.